The summed E-state index contributed by atoms with van der Waals surface area (Å²) >= 11 is 0. The highest BCUT2D eigenvalue weighted by Gasteiger charge is 2.24. The van der Waals surface area contributed by atoms with E-state index < -0.39 is 0 Å². The molecule has 1 unspecified atom stereocenters. The van der Waals surface area contributed by atoms with Crippen molar-refractivity contribution >= 4 is 0 Å². The molecule has 15 heavy (non-hydrogen) atoms. The molecule has 1 fully saturated rings. The van der Waals surface area contributed by atoms with E-state index in [0.29, 0.717) is 0 Å². The van der Waals surface area contributed by atoms with Crippen LogP contribution in [0.2, 0.25) is 0 Å². The zero-order valence-corrected chi connectivity index (χ0v) is 10.4. The Hall–Kier alpha value is -0.120. The molecule has 0 amide bonds. The molecule has 1 saturated heterocycles. The molecule has 3 heteroatoms. The first kappa shape index (κ1) is 12.9. The van der Waals surface area contributed by atoms with E-state index in [-0.39, 0.29) is 0 Å². The lowest BCUT2D eigenvalue weighted by atomic mass is 10.2. The molecule has 90 valence electrons. The number of unbranched alkanes of at least 4 members (excludes halogenated alkanes) is 2. The summed E-state index contributed by atoms with van der Waals surface area (Å²) in [5, 5.41) is 0. The van der Waals surface area contributed by atoms with Gasteiger partial charge in [0.05, 0.1) is 0 Å². The van der Waals surface area contributed by atoms with Crippen molar-refractivity contribution in [3.63, 3.8) is 0 Å². The van der Waals surface area contributed by atoms with Crippen LogP contribution < -0.4 is 5.73 Å². The van der Waals surface area contributed by atoms with Crippen LogP contribution in [0.1, 0.15) is 32.6 Å². The monoisotopic (exact) mass is 213 g/mol. The molecule has 0 aromatic carbocycles. The van der Waals surface area contributed by atoms with Crippen LogP contribution in [0.25, 0.3) is 0 Å². The molecule has 1 aliphatic heterocycles. The summed E-state index contributed by atoms with van der Waals surface area (Å²) in [6.45, 7) is 7.91. The van der Waals surface area contributed by atoms with Crippen molar-refractivity contribution < 1.29 is 0 Å². The van der Waals surface area contributed by atoms with E-state index in [4.69, 9.17) is 5.73 Å². The molecule has 1 heterocycles. The van der Waals surface area contributed by atoms with Gasteiger partial charge in [-0.15, -0.1) is 0 Å². The van der Waals surface area contributed by atoms with E-state index in [1.54, 1.807) is 0 Å². The van der Waals surface area contributed by atoms with Gasteiger partial charge in [0.1, 0.15) is 0 Å². The minimum absolute atomic E-state index is 0.746. The predicted octanol–water partition coefficient (Wildman–Crippen LogP) is 1.14. The van der Waals surface area contributed by atoms with E-state index in [0.717, 1.165) is 19.1 Å². The maximum atomic E-state index is 5.57. The van der Waals surface area contributed by atoms with Crippen LogP contribution in [0.4, 0.5) is 0 Å². The molecule has 0 radical (unpaired) electrons. The summed E-state index contributed by atoms with van der Waals surface area (Å²) in [5.74, 6) is 0. The number of likely N-dealkylation sites (N-methyl/N-ethyl adjacent to an activating group) is 1. The molecule has 0 bridgehead atoms. The van der Waals surface area contributed by atoms with Crippen LogP contribution >= 0.6 is 0 Å². The van der Waals surface area contributed by atoms with Crippen molar-refractivity contribution in [1.29, 1.82) is 0 Å². The fourth-order valence-corrected chi connectivity index (χ4v) is 2.35. The van der Waals surface area contributed by atoms with Crippen LogP contribution in [0.15, 0.2) is 0 Å². The average molecular weight is 213 g/mol. The van der Waals surface area contributed by atoms with Gasteiger partial charge in [-0.2, -0.15) is 0 Å². The van der Waals surface area contributed by atoms with Crippen LogP contribution in [0.5, 0.6) is 0 Å². The number of likely N-dealkylation sites (tertiary alicyclic amines) is 1. The van der Waals surface area contributed by atoms with Crippen LogP contribution in [-0.2, 0) is 0 Å². The van der Waals surface area contributed by atoms with Gasteiger partial charge in [-0.1, -0.05) is 19.8 Å². The van der Waals surface area contributed by atoms with Gasteiger partial charge in [-0.25, -0.2) is 0 Å². The summed E-state index contributed by atoms with van der Waals surface area (Å²) in [6.07, 6.45) is 5.39. The summed E-state index contributed by atoms with van der Waals surface area (Å²) in [5.41, 5.74) is 5.57. The quantitative estimate of drug-likeness (QED) is 0.644. The molecule has 3 nitrogen and oxygen atoms in total. The van der Waals surface area contributed by atoms with Gasteiger partial charge in [-0.3, -0.25) is 0 Å². The zero-order valence-electron chi connectivity index (χ0n) is 10.4. The summed E-state index contributed by atoms with van der Waals surface area (Å²) in [7, 11) is 2.20. The largest absolute Gasteiger partial charge is 0.329 e. The van der Waals surface area contributed by atoms with Crippen molar-refractivity contribution in [2.75, 3.05) is 39.8 Å². The highest BCUT2D eigenvalue weighted by molar-refractivity contribution is 4.81. The topological polar surface area (TPSA) is 32.5 Å². The van der Waals surface area contributed by atoms with Crippen LogP contribution in [0.3, 0.4) is 0 Å². The Kier molecular flexibility index (Phi) is 6.22. The minimum Gasteiger partial charge on any atom is -0.329 e. The first-order valence-corrected chi connectivity index (χ1v) is 6.40. The molecule has 1 atom stereocenters. The fraction of sp³-hybridized carbons (Fsp3) is 1.00. The van der Waals surface area contributed by atoms with E-state index >= 15 is 0 Å². The summed E-state index contributed by atoms with van der Waals surface area (Å²) < 4.78 is 0. The predicted molar refractivity (Wildman–Crippen MR) is 66.1 cm³/mol. The number of rotatable bonds is 7. The second-order valence-corrected chi connectivity index (χ2v) is 4.72. The first-order valence-electron chi connectivity index (χ1n) is 6.40. The van der Waals surface area contributed by atoms with Gasteiger partial charge < -0.3 is 15.5 Å². The van der Waals surface area contributed by atoms with Crippen molar-refractivity contribution in [2.24, 2.45) is 5.73 Å². The molecule has 1 rings (SSSR count). The Morgan fingerprint density at radius 1 is 1.40 bits per heavy atom. The number of hydrogen-bond donors (Lipinski definition) is 1. The van der Waals surface area contributed by atoms with Crippen LogP contribution in [0, 0.1) is 0 Å². The van der Waals surface area contributed by atoms with E-state index in [9.17, 15) is 0 Å². The third-order valence-corrected chi connectivity index (χ3v) is 3.43. The van der Waals surface area contributed by atoms with Gasteiger partial charge in [0.15, 0.2) is 0 Å². The minimum atomic E-state index is 0.746. The molecule has 2 N–H and O–H groups in total. The Morgan fingerprint density at radius 2 is 2.20 bits per heavy atom. The van der Waals surface area contributed by atoms with Gasteiger partial charge in [0, 0.05) is 25.7 Å². The zero-order chi connectivity index (χ0) is 11.1. The number of nitrogens with two attached hydrogens (primary N) is 1. The van der Waals surface area contributed by atoms with Crippen molar-refractivity contribution in [3.05, 3.63) is 0 Å². The SMILES string of the molecule is CCCCCN1CCC(N(C)CCN)C1. The molecular formula is C12H27N3. The Balaban J connectivity index is 2.14. The van der Waals surface area contributed by atoms with E-state index in [2.05, 4.69) is 23.8 Å². The Labute approximate surface area is 94.6 Å². The first-order chi connectivity index (χ1) is 7.27. The lowest BCUT2D eigenvalue weighted by Crippen LogP contribution is -2.37. The fourth-order valence-electron chi connectivity index (χ4n) is 2.35. The molecule has 0 aromatic rings. The molecule has 0 spiro atoms. The van der Waals surface area contributed by atoms with Gasteiger partial charge in [0.2, 0.25) is 0 Å². The molecule has 0 aromatic heterocycles. The second-order valence-electron chi connectivity index (χ2n) is 4.72. The third-order valence-electron chi connectivity index (χ3n) is 3.43. The maximum Gasteiger partial charge on any atom is 0.0232 e. The number of nitrogens with zero attached hydrogens (tertiary/aromatic N) is 2. The van der Waals surface area contributed by atoms with Crippen molar-refractivity contribution in [1.82, 2.24) is 9.80 Å². The Morgan fingerprint density at radius 3 is 2.87 bits per heavy atom. The van der Waals surface area contributed by atoms with Gasteiger partial charge in [-0.05, 0) is 33.0 Å². The van der Waals surface area contributed by atoms with Crippen molar-refractivity contribution in [2.45, 2.75) is 38.6 Å². The normalized spacial score (nSPS) is 22.8. The standard InChI is InChI=1S/C12H27N3/c1-3-4-5-8-15-9-6-12(11-15)14(2)10-7-13/h12H,3-11,13H2,1-2H3. The molecule has 0 aliphatic carbocycles. The lowest BCUT2D eigenvalue weighted by molar-refractivity contribution is 0.235. The van der Waals surface area contributed by atoms with Gasteiger partial charge in [0.25, 0.3) is 0 Å². The third kappa shape index (κ3) is 4.49. The Bertz CT molecular complexity index is 161. The smallest absolute Gasteiger partial charge is 0.0232 e. The van der Waals surface area contributed by atoms with E-state index in [1.165, 1.54) is 45.3 Å². The molecule has 1 aliphatic rings. The van der Waals surface area contributed by atoms with E-state index in [1.807, 2.05) is 0 Å². The number of hydrogen-bond acceptors (Lipinski definition) is 3. The highest BCUT2D eigenvalue weighted by Crippen LogP contribution is 2.14. The molecule has 0 saturated carbocycles. The van der Waals surface area contributed by atoms with Gasteiger partial charge >= 0.3 is 0 Å². The highest BCUT2D eigenvalue weighted by atomic mass is 15.2. The summed E-state index contributed by atoms with van der Waals surface area (Å²) in [4.78, 5) is 5.02. The van der Waals surface area contributed by atoms with Crippen LogP contribution in [-0.4, -0.2) is 55.6 Å². The maximum absolute atomic E-state index is 5.57. The lowest BCUT2D eigenvalue weighted by Gasteiger charge is -2.24. The molecular weight excluding hydrogens is 186 g/mol. The second kappa shape index (κ2) is 7.20. The van der Waals surface area contributed by atoms with Crippen molar-refractivity contribution in [3.8, 4) is 0 Å². The summed E-state index contributed by atoms with van der Waals surface area (Å²) in [6, 6.07) is 0.746. The average Bonchev–Trinajstić information content (AvgIpc) is 2.67.